The van der Waals surface area contributed by atoms with Gasteiger partial charge in [0, 0.05) is 7.11 Å². The molecule has 5 heteroatoms. The Labute approximate surface area is 118 Å². The molecule has 0 aliphatic rings. The smallest absolute Gasteiger partial charge is 0.379 e. The van der Waals surface area contributed by atoms with Gasteiger partial charge in [-0.15, -0.1) is 0 Å². The van der Waals surface area contributed by atoms with E-state index in [4.69, 9.17) is 4.74 Å². The lowest BCUT2D eigenvalue weighted by atomic mass is 9.81. The highest BCUT2D eigenvalue weighted by Crippen LogP contribution is 2.39. The topological polar surface area (TPSA) is 21.3 Å². The zero-order valence-electron chi connectivity index (χ0n) is 12.5. The van der Waals surface area contributed by atoms with Crippen LogP contribution in [0.4, 0.5) is 13.2 Å². The molecule has 0 fully saturated rings. The van der Waals surface area contributed by atoms with Crippen molar-refractivity contribution < 1.29 is 17.9 Å². The van der Waals surface area contributed by atoms with Crippen LogP contribution in [0.1, 0.15) is 37.9 Å². The van der Waals surface area contributed by atoms with E-state index in [2.05, 4.69) is 5.32 Å². The molecule has 1 aromatic carbocycles. The van der Waals surface area contributed by atoms with Crippen LogP contribution in [0.15, 0.2) is 24.3 Å². The Morgan fingerprint density at radius 3 is 2.05 bits per heavy atom. The van der Waals surface area contributed by atoms with Gasteiger partial charge in [0.15, 0.2) is 0 Å². The third-order valence-electron chi connectivity index (χ3n) is 3.32. The number of ether oxygens (including phenoxy) is 1. The van der Waals surface area contributed by atoms with Crippen molar-refractivity contribution in [1.82, 2.24) is 5.32 Å². The first-order valence-electron chi connectivity index (χ1n) is 6.49. The minimum absolute atomic E-state index is 0.212. The Morgan fingerprint density at radius 1 is 1.10 bits per heavy atom. The number of hydrogen-bond donors (Lipinski definition) is 1. The summed E-state index contributed by atoms with van der Waals surface area (Å²) in [5.74, 6) is 0. The van der Waals surface area contributed by atoms with Crippen LogP contribution in [-0.4, -0.2) is 20.3 Å². The second-order valence-corrected chi connectivity index (χ2v) is 5.87. The van der Waals surface area contributed by atoms with Crippen molar-refractivity contribution >= 4 is 0 Å². The maximum absolute atomic E-state index is 13.1. The molecule has 0 saturated heterocycles. The summed E-state index contributed by atoms with van der Waals surface area (Å²) in [7, 11) is 3.17. The first-order chi connectivity index (χ1) is 9.12. The van der Waals surface area contributed by atoms with Crippen LogP contribution in [0, 0.1) is 5.41 Å². The van der Waals surface area contributed by atoms with Gasteiger partial charge in [0.2, 0.25) is 0 Å². The number of likely N-dealkylation sites (N-methyl/N-ethyl adjacent to an activating group) is 1. The summed E-state index contributed by atoms with van der Waals surface area (Å²) < 4.78 is 44.9. The Kier molecular flexibility index (Phi) is 5.21. The summed E-state index contributed by atoms with van der Waals surface area (Å²) in [5.41, 5.74) is -0.698. The van der Waals surface area contributed by atoms with Crippen LogP contribution >= 0.6 is 0 Å². The van der Waals surface area contributed by atoms with E-state index in [0.717, 1.165) is 6.07 Å². The molecule has 0 aromatic heterocycles. The quantitative estimate of drug-likeness (QED) is 0.903. The summed E-state index contributed by atoms with van der Waals surface area (Å²) in [6.45, 7) is 5.84. The fraction of sp³-hybridized carbons (Fsp3) is 0.600. The Bertz CT molecular complexity index is 437. The molecular weight excluding hydrogens is 267 g/mol. The van der Waals surface area contributed by atoms with Crippen LogP contribution < -0.4 is 5.32 Å². The minimum atomic E-state index is -4.37. The van der Waals surface area contributed by atoms with Gasteiger partial charge in [-0.05, 0) is 24.1 Å². The number of nitrogens with one attached hydrogen (secondary N) is 1. The van der Waals surface area contributed by atoms with E-state index in [1.807, 2.05) is 20.8 Å². The molecule has 114 valence electrons. The molecule has 0 bridgehead atoms. The third-order valence-corrected chi connectivity index (χ3v) is 3.32. The highest BCUT2D eigenvalue weighted by atomic mass is 19.4. The predicted octanol–water partition coefficient (Wildman–Crippen LogP) is 4.03. The van der Waals surface area contributed by atoms with Crippen molar-refractivity contribution in [2.24, 2.45) is 5.41 Å². The molecule has 0 heterocycles. The highest BCUT2D eigenvalue weighted by Gasteiger charge is 2.39. The molecule has 2 atom stereocenters. The van der Waals surface area contributed by atoms with Crippen molar-refractivity contribution in [1.29, 1.82) is 0 Å². The standard InChI is InChI=1S/C15H22F3NO/c1-14(2,3)13(20-5)12(19-4)10-8-6-7-9-11(10)15(16,17)18/h6-9,12-13,19H,1-5H3. The van der Waals surface area contributed by atoms with Gasteiger partial charge in [0.1, 0.15) is 0 Å². The van der Waals surface area contributed by atoms with Crippen LogP contribution in [0.25, 0.3) is 0 Å². The summed E-state index contributed by atoms with van der Waals surface area (Å²) >= 11 is 0. The van der Waals surface area contributed by atoms with E-state index in [-0.39, 0.29) is 17.1 Å². The number of rotatable bonds is 4. The largest absolute Gasteiger partial charge is 0.416 e. The molecular formula is C15H22F3NO. The van der Waals surface area contributed by atoms with Crippen molar-refractivity contribution in [2.45, 2.75) is 39.1 Å². The molecule has 0 aliphatic carbocycles. The van der Waals surface area contributed by atoms with Crippen LogP contribution in [0.5, 0.6) is 0 Å². The monoisotopic (exact) mass is 289 g/mol. The molecule has 0 saturated carbocycles. The van der Waals surface area contributed by atoms with Crippen LogP contribution in [0.3, 0.4) is 0 Å². The number of methoxy groups -OCH3 is 1. The first kappa shape index (κ1) is 17.0. The van der Waals surface area contributed by atoms with E-state index in [9.17, 15) is 13.2 Å². The first-order valence-corrected chi connectivity index (χ1v) is 6.49. The van der Waals surface area contributed by atoms with Crippen molar-refractivity contribution in [3.8, 4) is 0 Å². The molecule has 2 nitrogen and oxygen atoms in total. The molecule has 20 heavy (non-hydrogen) atoms. The predicted molar refractivity (Wildman–Crippen MR) is 73.5 cm³/mol. The van der Waals surface area contributed by atoms with Gasteiger partial charge in [-0.2, -0.15) is 13.2 Å². The van der Waals surface area contributed by atoms with Gasteiger partial charge in [0.05, 0.1) is 17.7 Å². The van der Waals surface area contributed by atoms with E-state index >= 15 is 0 Å². The zero-order chi connectivity index (χ0) is 15.6. The normalized spacial score (nSPS) is 16.0. The average molecular weight is 289 g/mol. The van der Waals surface area contributed by atoms with Gasteiger partial charge >= 0.3 is 6.18 Å². The third kappa shape index (κ3) is 3.73. The van der Waals surface area contributed by atoms with Gasteiger partial charge in [-0.3, -0.25) is 0 Å². The summed E-state index contributed by atoms with van der Waals surface area (Å²) in [4.78, 5) is 0. The molecule has 1 rings (SSSR count). The Hall–Kier alpha value is -1.07. The van der Waals surface area contributed by atoms with Gasteiger partial charge in [-0.1, -0.05) is 39.0 Å². The summed E-state index contributed by atoms with van der Waals surface area (Å²) in [5, 5.41) is 2.96. The SMILES string of the molecule is CNC(c1ccccc1C(F)(F)F)C(OC)C(C)(C)C. The molecule has 1 N–H and O–H groups in total. The molecule has 0 aliphatic heterocycles. The zero-order valence-corrected chi connectivity index (χ0v) is 12.5. The maximum Gasteiger partial charge on any atom is 0.416 e. The van der Waals surface area contributed by atoms with Crippen molar-refractivity contribution in [3.63, 3.8) is 0 Å². The number of benzene rings is 1. The van der Waals surface area contributed by atoms with Crippen molar-refractivity contribution in [3.05, 3.63) is 35.4 Å². The van der Waals surface area contributed by atoms with Gasteiger partial charge in [-0.25, -0.2) is 0 Å². The molecule has 0 spiro atoms. The molecule has 0 radical (unpaired) electrons. The summed E-state index contributed by atoms with van der Waals surface area (Å²) in [6, 6.07) is 5.09. The van der Waals surface area contributed by atoms with E-state index in [1.54, 1.807) is 13.1 Å². The minimum Gasteiger partial charge on any atom is -0.379 e. The number of halogens is 3. The molecule has 2 unspecified atom stereocenters. The molecule has 1 aromatic rings. The average Bonchev–Trinajstić information content (AvgIpc) is 2.33. The van der Waals surface area contributed by atoms with E-state index in [0.29, 0.717) is 0 Å². The van der Waals surface area contributed by atoms with Crippen LogP contribution in [-0.2, 0) is 10.9 Å². The second kappa shape index (κ2) is 6.14. The van der Waals surface area contributed by atoms with Gasteiger partial charge < -0.3 is 10.1 Å². The van der Waals surface area contributed by atoms with E-state index < -0.39 is 17.8 Å². The van der Waals surface area contributed by atoms with Gasteiger partial charge in [0.25, 0.3) is 0 Å². The number of alkyl halides is 3. The van der Waals surface area contributed by atoms with Crippen LogP contribution in [0.2, 0.25) is 0 Å². The highest BCUT2D eigenvalue weighted by molar-refractivity contribution is 5.33. The second-order valence-electron chi connectivity index (χ2n) is 5.87. The lowest BCUT2D eigenvalue weighted by Crippen LogP contribution is -2.41. The lowest BCUT2D eigenvalue weighted by Gasteiger charge is -2.37. The summed E-state index contributed by atoms with van der Waals surface area (Å²) in [6.07, 6.45) is -4.75. The fourth-order valence-electron chi connectivity index (χ4n) is 2.49. The Balaban J connectivity index is 3.33. The number of hydrogen-bond acceptors (Lipinski definition) is 2. The van der Waals surface area contributed by atoms with Crippen molar-refractivity contribution in [2.75, 3.05) is 14.2 Å². The maximum atomic E-state index is 13.1. The fourth-order valence-corrected chi connectivity index (χ4v) is 2.49. The molecule has 0 amide bonds. The Morgan fingerprint density at radius 2 is 1.65 bits per heavy atom. The van der Waals surface area contributed by atoms with E-state index in [1.165, 1.54) is 19.2 Å². The lowest BCUT2D eigenvalue weighted by molar-refractivity contribution is -0.139.